The molecule has 0 radical (unpaired) electrons. The number of hydrogen-bond acceptors (Lipinski definition) is 6. The molecular formula is C74H136O6. The standard InChI is InChI=1S/C74H136O6/c1-4-7-10-13-16-19-21-23-25-27-29-31-32-33-34-35-36-37-38-39-40-41-42-44-45-47-49-51-53-55-58-61-64-67-73(76)79-70-71(69-78-72(75)66-63-60-57-18-15-12-9-6-3)80-74(77)68-65-62-59-56-54-52-50-48-46-43-30-28-26-24-22-20-17-14-11-8-5-2/h22,24,27-30,46,48,71H,4-21,23,25-26,31-45,47,49-70H2,1-3H3/b24-22-,29-27-,30-28-,48-46-. The maximum Gasteiger partial charge on any atom is 0.306 e. The highest BCUT2D eigenvalue weighted by atomic mass is 16.6. The lowest BCUT2D eigenvalue weighted by molar-refractivity contribution is -0.167. The maximum absolute atomic E-state index is 12.9. The largest absolute Gasteiger partial charge is 0.462 e. The summed E-state index contributed by atoms with van der Waals surface area (Å²) >= 11 is 0. The van der Waals surface area contributed by atoms with Crippen LogP contribution in [0.4, 0.5) is 0 Å². The quantitative estimate of drug-likeness (QED) is 0.0261. The lowest BCUT2D eigenvalue weighted by Gasteiger charge is -2.18. The minimum atomic E-state index is -0.777. The minimum absolute atomic E-state index is 0.0741. The molecule has 1 unspecified atom stereocenters. The molecule has 0 aliphatic rings. The van der Waals surface area contributed by atoms with Gasteiger partial charge >= 0.3 is 17.9 Å². The Morgan fingerprint density at radius 3 is 0.713 bits per heavy atom. The van der Waals surface area contributed by atoms with Crippen LogP contribution < -0.4 is 0 Å². The van der Waals surface area contributed by atoms with Crippen molar-refractivity contribution < 1.29 is 28.6 Å². The molecule has 0 saturated carbocycles. The van der Waals surface area contributed by atoms with Crippen molar-refractivity contribution in [3.05, 3.63) is 48.6 Å². The van der Waals surface area contributed by atoms with Crippen molar-refractivity contribution in [3.63, 3.8) is 0 Å². The highest BCUT2D eigenvalue weighted by molar-refractivity contribution is 5.71. The molecular weight excluding hydrogens is 985 g/mol. The van der Waals surface area contributed by atoms with Crippen LogP contribution in [0.3, 0.4) is 0 Å². The van der Waals surface area contributed by atoms with E-state index in [-0.39, 0.29) is 31.1 Å². The van der Waals surface area contributed by atoms with Gasteiger partial charge in [-0.15, -0.1) is 0 Å². The number of esters is 3. The van der Waals surface area contributed by atoms with Gasteiger partial charge in [-0.05, 0) is 83.5 Å². The highest BCUT2D eigenvalue weighted by Gasteiger charge is 2.19. The van der Waals surface area contributed by atoms with Crippen LogP contribution in [0.1, 0.15) is 387 Å². The highest BCUT2D eigenvalue weighted by Crippen LogP contribution is 2.18. The van der Waals surface area contributed by atoms with Gasteiger partial charge in [0.05, 0.1) is 0 Å². The molecule has 0 amide bonds. The fraction of sp³-hybridized carbons (Fsp3) is 0.851. The van der Waals surface area contributed by atoms with Gasteiger partial charge in [0.15, 0.2) is 6.10 Å². The zero-order valence-electron chi connectivity index (χ0n) is 53.9. The van der Waals surface area contributed by atoms with Crippen LogP contribution in [0.2, 0.25) is 0 Å². The number of rotatable bonds is 66. The first-order chi connectivity index (χ1) is 39.5. The summed E-state index contributed by atoms with van der Waals surface area (Å²) in [6, 6.07) is 0. The summed E-state index contributed by atoms with van der Waals surface area (Å²) in [5.74, 6) is -0.869. The summed E-state index contributed by atoms with van der Waals surface area (Å²) in [5.41, 5.74) is 0. The predicted octanol–water partition coefficient (Wildman–Crippen LogP) is 24.5. The summed E-state index contributed by atoms with van der Waals surface area (Å²) < 4.78 is 16.9. The molecule has 6 heteroatoms. The predicted molar refractivity (Wildman–Crippen MR) is 349 cm³/mol. The molecule has 0 spiro atoms. The first kappa shape index (κ1) is 77.4. The fourth-order valence-electron chi connectivity index (χ4n) is 10.7. The molecule has 1 atom stereocenters. The van der Waals surface area contributed by atoms with Crippen molar-refractivity contribution >= 4 is 17.9 Å². The van der Waals surface area contributed by atoms with Gasteiger partial charge in [-0.25, -0.2) is 0 Å². The van der Waals surface area contributed by atoms with Crippen LogP contribution in [0.5, 0.6) is 0 Å². The average molecular weight is 1120 g/mol. The second-order valence-electron chi connectivity index (χ2n) is 24.1. The molecule has 0 aliphatic carbocycles. The molecule has 6 nitrogen and oxygen atoms in total. The Morgan fingerprint density at radius 2 is 0.450 bits per heavy atom. The second kappa shape index (κ2) is 68.9. The average Bonchev–Trinajstić information content (AvgIpc) is 3.46. The van der Waals surface area contributed by atoms with E-state index in [4.69, 9.17) is 14.2 Å². The number of ether oxygens (including phenoxy) is 3. The smallest absolute Gasteiger partial charge is 0.306 e. The van der Waals surface area contributed by atoms with E-state index in [1.807, 2.05) is 0 Å². The van der Waals surface area contributed by atoms with Crippen molar-refractivity contribution in [3.8, 4) is 0 Å². The van der Waals surface area contributed by atoms with Crippen molar-refractivity contribution in [1.82, 2.24) is 0 Å². The molecule has 0 aliphatic heterocycles. The number of carbonyl (C=O) groups is 3. The van der Waals surface area contributed by atoms with Gasteiger partial charge in [-0.3, -0.25) is 14.4 Å². The fourth-order valence-corrected chi connectivity index (χ4v) is 10.7. The maximum atomic E-state index is 12.9. The van der Waals surface area contributed by atoms with Crippen molar-refractivity contribution in [2.45, 2.75) is 393 Å². The molecule has 0 N–H and O–H groups in total. The molecule has 468 valence electrons. The summed E-state index contributed by atoms with van der Waals surface area (Å²) in [6.07, 6.45) is 87.5. The normalized spacial score (nSPS) is 12.3. The third-order valence-electron chi connectivity index (χ3n) is 16.1. The van der Waals surface area contributed by atoms with Gasteiger partial charge in [0.2, 0.25) is 0 Å². The van der Waals surface area contributed by atoms with Crippen LogP contribution in [0, 0.1) is 0 Å². The Morgan fingerprint density at radius 1 is 0.250 bits per heavy atom. The summed E-state index contributed by atoms with van der Waals surface area (Å²) in [6.45, 7) is 6.64. The third kappa shape index (κ3) is 66.2. The lowest BCUT2D eigenvalue weighted by Crippen LogP contribution is -2.30. The Labute approximate surface area is 498 Å². The van der Waals surface area contributed by atoms with Gasteiger partial charge in [0.1, 0.15) is 13.2 Å². The Balaban J connectivity index is 4.03. The molecule has 80 heavy (non-hydrogen) atoms. The van der Waals surface area contributed by atoms with Gasteiger partial charge < -0.3 is 14.2 Å². The SMILES string of the molecule is CCCCCCC/C=C\C/C=C\C/C=C\CCCCCCCCC(=O)OC(COC(=O)CCCCCCCCCC)COC(=O)CCCCCCCCCCCCCCCCCCCCCCC/C=C\CCCCCCCCCC. The second-order valence-corrected chi connectivity index (χ2v) is 24.1. The van der Waals surface area contributed by atoms with E-state index in [0.29, 0.717) is 19.3 Å². The van der Waals surface area contributed by atoms with Crippen molar-refractivity contribution in [1.29, 1.82) is 0 Å². The van der Waals surface area contributed by atoms with E-state index >= 15 is 0 Å². The van der Waals surface area contributed by atoms with Crippen LogP contribution in [0.15, 0.2) is 48.6 Å². The Bertz CT molecular complexity index is 1380. The van der Waals surface area contributed by atoms with Crippen molar-refractivity contribution in [2.24, 2.45) is 0 Å². The monoisotopic (exact) mass is 1120 g/mol. The first-order valence-corrected chi connectivity index (χ1v) is 35.6. The van der Waals surface area contributed by atoms with E-state index in [2.05, 4.69) is 69.4 Å². The van der Waals surface area contributed by atoms with Crippen LogP contribution in [-0.2, 0) is 28.6 Å². The van der Waals surface area contributed by atoms with Gasteiger partial charge in [0, 0.05) is 19.3 Å². The molecule has 0 bridgehead atoms. The van der Waals surface area contributed by atoms with E-state index in [1.165, 1.54) is 270 Å². The topological polar surface area (TPSA) is 78.9 Å². The van der Waals surface area contributed by atoms with E-state index in [1.54, 1.807) is 0 Å². The van der Waals surface area contributed by atoms with Crippen LogP contribution >= 0.6 is 0 Å². The summed E-state index contributed by atoms with van der Waals surface area (Å²) in [5, 5.41) is 0. The molecule has 0 fully saturated rings. The van der Waals surface area contributed by atoms with E-state index in [9.17, 15) is 14.4 Å². The number of carbonyl (C=O) groups excluding carboxylic acids is 3. The Hall–Kier alpha value is -2.63. The number of allylic oxidation sites excluding steroid dienone is 8. The van der Waals surface area contributed by atoms with Crippen LogP contribution in [-0.4, -0.2) is 37.2 Å². The van der Waals surface area contributed by atoms with Gasteiger partial charge in [-0.2, -0.15) is 0 Å². The molecule has 0 rings (SSSR count). The molecule has 0 aromatic rings. The molecule has 0 aromatic carbocycles. The van der Waals surface area contributed by atoms with E-state index in [0.717, 1.165) is 77.0 Å². The van der Waals surface area contributed by atoms with Crippen molar-refractivity contribution in [2.75, 3.05) is 13.2 Å². The zero-order chi connectivity index (χ0) is 57.8. The lowest BCUT2D eigenvalue weighted by atomic mass is 10.0. The first-order valence-electron chi connectivity index (χ1n) is 35.6. The third-order valence-corrected chi connectivity index (χ3v) is 16.1. The number of hydrogen-bond donors (Lipinski definition) is 0. The zero-order valence-corrected chi connectivity index (χ0v) is 53.9. The Kier molecular flexibility index (Phi) is 66.6. The molecule has 0 saturated heterocycles. The summed E-state index contributed by atoms with van der Waals surface area (Å²) in [4.78, 5) is 38.2. The molecule has 0 aromatic heterocycles. The van der Waals surface area contributed by atoms with Crippen LogP contribution in [0.25, 0.3) is 0 Å². The minimum Gasteiger partial charge on any atom is -0.462 e. The number of unbranched alkanes of at least 4 members (excludes halogenated alkanes) is 47. The van der Waals surface area contributed by atoms with Gasteiger partial charge in [-0.1, -0.05) is 333 Å². The van der Waals surface area contributed by atoms with Gasteiger partial charge in [0.25, 0.3) is 0 Å². The van der Waals surface area contributed by atoms with E-state index < -0.39 is 6.10 Å². The summed E-state index contributed by atoms with van der Waals surface area (Å²) in [7, 11) is 0. The molecule has 0 heterocycles.